The van der Waals surface area contributed by atoms with E-state index in [0.29, 0.717) is 5.92 Å². The Morgan fingerprint density at radius 2 is 1.77 bits per heavy atom. The first-order chi connectivity index (χ1) is 15.1. The van der Waals surface area contributed by atoms with Crippen molar-refractivity contribution in [3.63, 3.8) is 0 Å². The van der Waals surface area contributed by atoms with E-state index in [1.165, 1.54) is 24.0 Å². The summed E-state index contributed by atoms with van der Waals surface area (Å²) in [6.45, 7) is 8.49. The van der Waals surface area contributed by atoms with Crippen molar-refractivity contribution in [2.24, 2.45) is 5.92 Å². The normalized spacial score (nSPS) is 16.6. The number of nitrogens with one attached hydrogen (secondary N) is 1. The van der Waals surface area contributed by atoms with E-state index in [4.69, 9.17) is 9.97 Å². The van der Waals surface area contributed by atoms with E-state index in [0.717, 1.165) is 47.3 Å². The lowest BCUT2D eigenvalue weighted by Gasteiger charge is -2.31. The molecule has 0 bridgehead atoms. The van der Waals surface area contributed by atoms with Crippen molar-refractivity contribution < 1.29 is 0 Å². The van der Waals surface area contributed by atoms with Crippen LogP contribution < -0.4 is 10.2 Å². The van der Waals surface area contributed by atoms with E-state index in [1.54, 1.807) is 0 Å². The number of benzene rings is 2. The Balaban J connectivity index is 1.64. The third-order valence-electron chi connectivity index (χ3n) is 5.84. The third-order valence-corrected chi connectivity index (χ3v) is 5.84. The number of hydrogen-bond acceptors (Lipinski definition) is 5. The van der Waals surface area contributed by atoms with Gasteiger partial charge >= 0.3 is 0 Å². The maximum Gasteiger partial charge on any atom is 0.229 e. The van der Waals surface area contributed by atoms with E-state index in [1.807, 2.05) is 41.2 Å². The highest BCUT2D eigenvalue weighted by Crippen LogP contribution is 2.30. The molecule has 0 aliphatic carbocycles. The molecule has 2 aromatic heterocycles. The molecule has 0 unspecified atom stereocenters. The first-order valence-corrected chi connectivity index (χ1v) is 11.0. The average Bonchev–Trinajstić information content (AvgIpc) is 3.18. The molecule has 0 saturated carbocycles. The molecule has 6 nitrogen and oxygen atoms in total. The Bertz CT molecular complexity index is 1190. The third kappa shape index (κ3) is 3.98. The molecular formula is C25H28N6. The van der Waals surface area contributed by atoms with Crippen molar-refractivity contribution in [3.8, 4) is 5.69 Å². The second-order valence-electron chi connectivity index (χ2n) is 8.70. The van der Waals surface area contributed by atoms with E-state index in [9.17, 15) is 0 Å². The second kappa shape index (κ2) is 8.02. The molecule has 1 fully saturated rings. The van der Waals surface area contributed by atoms with Crippen LogP contribution in [0.4, 0.5) is 17.5 Å². The summed E-state index contributed by atoms with van der Waals surface area (Å²) < 4.78 is 1.90. The molecule has 0 spiro atoms. The maximum absolute atomic E-state index is 4.98. The van der Waals surface area contributed by atoms with E-state index < -0.39 is 0 Å². The SMILES string of the molecule is Cc1cc(C)cc(Nc2nc(N3CCC[C@@H](C)C3)nc3c2cnn3-c2ccccc2)c1. The van der Waals surface area contributed by atoms with Crippen LogP contribution in [-0.4, -0.2) is 32.8 Å². The number of piperidine rings is 1. The maximum atomic E-state index is 4.98. The van der Waals surface area contributed by atoms with Crippen LogP contribution in [0.1, 0.15) is 30.9 Å². The molecule has 2 aromatic carbocycles. The van der Waals surface area contributed by atoms with Crippen LogP contribution in [0, 0.1) is 19.8 Å². The average molecular weight is 413 g/mol. The quantitative estimate of drug-likeness (QED) is 0.485. The van der Waals surface area contributed by atoms with Crippen molar-refractivity contribution in [3.05, 3.63) is 65.9 Å². The fourth-order valence-electron chi connectivity index (χ4n) is 4.45. The van der Waals surface area contributed by atoms with Crippen LogP contribution in [0.2, 0.25) is 0 Å². The van der Waals surface area contributed by atoms with E-state index >= 15 is 0 Å². The summed E-state index contributed by atoms with van der Waals surface area (Å²) in [5.41, 5.74) is 5.28. The molecule has 0 radical (unpaired) electrons. The van der Waals surface area contributed by atoms with Gasteiger partial charge in [-0.2, -0.15) is 15.1 Å². The fraction of sp³-hybridized carbons (Fsp3) is 0.320. The molecule has 158 valence electrons. The number of hydrogen-bond donors (Lipinski definition) is 1. The zero-order valence-corrected chi connectivity index (χ0v) is 18.3. The molecule has 1 N–H and O–H groups in total. The van der Waals surface area contributed by atoms with Gasteiger partial charge in [-0.25, -0.2) is 4.68 Å². The molecule has 0 amide bonds. The molecular weight excluding hydrogens is 384 g/mol. The summed E-state index contributed by atoms with van der Waals surface area (Å²) in [5, 5.41) is 9.13. The number of fused-ring (bicyclic) bond motifs is 1. The van der Waals surface area contributed by atoms with Crippen LogP contribution >= 0.6 is 0 Å². The topological polar surface area (TPSA) is 58.9 Å². The zero-order valence-electron chi connectivity index (χ0n) is 18.3. The van der Waals surface area contributed by atoms with Crippen molar-refractivity contribution in [2.75, 3.05) is 23.3 Å². The van der Waals surface area contributed by atoms with Gasteiger partial charge in [0.25, 0.3) is 0 Å². The number of aromatic nitrogens is 4. The zero-order chi connectivity index (χ0) is 21.4. The van der Waals surface area contributed by atoms with Crippen molar-refractivity contribution in [1.82, 2.24) is 19.7 Å². The van der Waals surface area contributed by atoms with Crippen LogP contribution in [0.5, 0.6) is 0 Å². The van der Waals surface area contributed by atoms with Crippen LogP contribution in [0.25, 0.3) is 16.7 Å². The highest BCUT2D eigenvalue weighted by Gasteiger charge is 2.22. The molecule has 3 heterocycles. The molecule has 31 heavy (non-hydrogen) atoms. The minimum absolute atomic E-state index is 0.642. The predicted molar refractivity (Wildman–Crippen MR) is 126 cm³/mol. The number of nitrogens with zero attached hydrogens (tertiary/aromatic N) is 5. The Morgan fingerprint density at radius 3 is 2.52 bits per heavy atom. The first kappa shape index (κ1) is 19.5. The monoisotopic (exact) mass is 412 g/mol. The summed E-state index contributed by atoms with van der Waals surface area (Å²) in [7, 11) is 0. The van der Waals surface area contributed by atoms with Crippen molar-refractivity contribution >= 4 is 28.5 Å². The summed E-state index contributed by atoms with van der Waals surface area (Å²) in [6.07, 6.45) is 4.28. The number of anilines is 3. The highest BCUT2D eigenvalue weighted by atomic mass is 15.3. The van der Waals surface area contributed by atoms with Gasteiger partial charge in [-0.3, -0.25) is 0 Å². The lowest BCUT2D eigenvalue weighted by molar-refractivity contribution is 0.442. The number of para-hydroxylation sites is 1. The van der Waals surface area contributed by atoms with Gasteiger partial charge in [-0.1, -0.05) is 31.2 Å². The fourth-order valence-corrected chi connectivity index (χ4v) is 4.45. The minimum atomic E-state index is 0.642. The van der Waals surface area contributed by atoms with E-state index in [2.05, 4.69) is 54.3 Å². The number of rotatable bonds is 4. The largest absolute Gasteiger partial charge is 0.340 e. The van der Waals surface area contributed by atoms with Gasteiger partial charge in [0, 0.05) is 18.8 Å². The lowest BCUT2D eigenvalue weighted by atomic mass is 10.0. The van der Waals surface area contributed by atoms with Crippen LogP contribution in [-0.2, 0) is 0 Å². The van der Waals surface area contributed by atoms with Gasteiger partial charge in [0.1, 0.15) is 5.82 Å². The van der Waals surface area contributed by atoms with Gasteiger partial charge < -0.3 is 10.2 Å². The molecule has 1 aliphatic heterocycles. The summed E-state index contributed by atoms with van der Waals surface area (Å²) >= 11 is 0. The Labute approximate surface area is 182 Å². The van der Waals surface area contributed by atoms with Gasteiger partial charge in [0.15, 0.2) is 5.65 Å². The molecule has 4 aromatic rings. The van der Waals surface area contributed by atoms with Crippen LogP contribution in [0.3, 0.4) is 0 Å². The lowest BCUT2D eigenvalue weighted by Crippen LogP contribution is -2.35. The molecule has 6 heteroatoms. The van der Waals surface area contributed by atoms with Gasteiger partial charge in [0.05, 0.1) is 17.3 Å². The first-order valence-electron chi connectivity index (χ1n) is 11.0. The van der Waals surface area contributed by atoms with Gasteiger partial charge in [0.2, 0.25) is 5.95 Å². The molecule has 1 aliphatic rings. The highest BCUT2D eigenvalue weighted by molar-refractivity contribution is 5.90. The van der Waals surface area contributed by atoms with Crippen molar-refractivity contribution in [1.29, 1.82) is 0 Å². The van der Waals surface area contributed by atoms with Crippen LogP contribution in [0.15, 0.2) is 54.7 Å². The standard InChI is InChI=1S/C25H28N6/c1-17-8-7-11-30(16-17)25-28-23(27-20-13-18(2)12-19(3)14-20)22-15-26-31(24(22)29-25)21-9-5-4-6-10-21/h4-6,9-10,12-15,17H,7-8,11,16H2,1-3H3,(H,27,28,29)/t17-/m1/s1. The van der Waals surface area contributed by atoms with Gasteiger partial charge in [-0.05, 0) is 68.0 Å². The molecule has 1 saturated heterocycles. The summed E-state index contributed by atoms with van der Waals surface area (Å²) in [6, 6.07) is 16.6. The Kier molecular flexibility index (Phi) is 5.06. The summed E-state index contributed by atoms with van der Waals surface area (Å²) in [4.78, 5) is 12.3. The smallest absolute Gasteiger partial charge is 0.229 e. The molecule has 1 atom stereocenters. The Morgan fingerprint density at radius 1 is 1.00 bits per heavy atom. The summed E-state index contributed by atoms with van der Waals surface area (Å²) in [5.74, 6) is 2.21. The van der Waals surface area contributed by atoms with Crippen molar-refractivity contribution in [2.45, 2.75) is 33.6 Å². The van der Waals surface area contributed by atoms with E-state index in [-0.39, 0.29) is 0 Å². The second-order valence-corrected chi connectivity index (χ2v) is 8.70. The predicted octanol–water partition coefficient (Wildman–Crippen LogP) is 5.41. The number of aryl methyl sites for hydroxylation is 2. The minimum Gasteiger partial charge on any atom is -0.340 e. The Hall–Kier alpha value is -3.41. The molecule has 5 rings (SSSR count). The van der Waals surface area contributed by atoms with Gasteiger partial charge in [-0.15, -0.1) is 0 Å².